The molecular weight excluding hydrogens is 254 g/mol. The quantitative estimate of drug-likeness (QED) is 0.771. The summed E-state index contributed by atoms with van der Waals surface area (Å²) in [5, 5.41) is 0. The lowest BCUT2D eigenvalue weighted by Crippen LogP contribution is -2.21. The Bertz CT molecular complexity index is 364. The van der Waals surface area contributed by atoms with Crippen LogP contribution in [0.1, 0.15) is 31.2 Å². The summed E-state index contributed by atoms with van der Waals surface area (Å²) in [6.45, 7) is 0. The van der Waals surface area contributed by atoms with Crippen molar-refractivity contribution < 1.29 is 4.79 Å². The molecule has 1 fully saturated rings. The van der Waals surface area contributed by atoms with E-state index in [9.17, 15) is 4.79 Å². The minimum atomic E-state index is 0.222. The van der Waals surface area contributed by atoms with Crippen LogP contribution in [0.5, 0.6) is 0 Å². The van der Waals surface area contributed by atoms with E-state index in [4.69, 9.17) is 0 Å². The topological polar surface area (TPSA) is 30.0 Å². The van der Waals surface area contributed by atoms with Crippen LogP contribution < -0.4 is 0 Å². The molecular formula is C12H14BrNO. The number of carbonyl (C=O) groups is 1. The van der Waals surface area contributed by atoms with Crippen LogP contribution in [0.25, 0.3) is 0 Å². The SMILES string of the molecule is O=C1CCCCC1Cc1cccnc1Br. The molecule has 0 saturated heterocycles. The first kappa shape index (κ1) is 10.8. The Kier molecular flexibility index (Phi) is 3.52. The lowest BCUT2D eigenvalue weighted by atomic mass is 9.84. The molecule has 80 valence electrons. The van der Waals surface area contributed by atoms with Gasteiger partial charge in [0, 0.05) is 18.5 Å². The fourth-order valence-electron chi connectivity index (χ4n) is 2.11. The third-order valence-corrected chi connectivity index (χ3v) is 3.70. The first-order chi connectivity index (χ1) is 7.27. The van der Waals surface area contributed by atoms with Crippen molar-refractivity contribution in [1.82, 2.24) is 4.98 Å². The van der Waals surface area contributed by atoms with Gasteiger partial charge in [-0.3, -0.25) is 4.79 Å². The number of nitrogens with zero attached hydrogens (tertiary/aromatic N) is 1. The lowest BCUT2D eigenvalue weighted by molar-refractivity contribution is -0.124. The molecule has 2 nitrogen and oxygen atoms in total. The van der Waals surface area contributed by atoms with E-state index < -0.39 is 0 Å². The first-order valence-electron chi connectivity index (χ1n) is 5.39. The van der Waals surface area contributed by atoms with Gasteiger partial charge in [0.15, 0.2) is 0 Å². The maximum atomic E-state index is 11.7. The van der Waals surface area contributed by atoms with Crippen LogP contribution in [0.3, 0.4) is 0 Å². The second-order valence-electron chi connectivity index (χ2n) is 4.07. The van der Waals surface area contributed by atoms with Crippen LogP contribution >= 0.6 is 15.9 Å². The van der Waals surface area contributed by atoms with Crippen LogP contribution in [-0.4, -0.2) is 10.8 Å². The summed E-state index contributed by atoms with van der Waals surface area (Å²) in [6, 6.07) is 3.96. The van der Waals surface area contributed by atoms with Crippen molar-refractivity contribution in [2.75, 3.05) is 0 Å². The van der Waals surface area contributed by atoms with Gasteiger partial charge in [-0.05, 0) is 46.8 Å². The molecule has 1 aliphatic rings. The van der Waals surface area contributed by atoms with Crippen molar-refractivity contribution in [3.63, 3.8) is 0 Å². The number of rotatable bonds is 2. The molecule has 1 heterocycles. The summed E-state index contributed by atoms with van der Waals surface area (Å²) < 4.78 is 0.878. The minimum Gasteiger partial charge on any atom is -0.299 e. The van der Waals surface area contributed by atoms with Gasteiger partial charge in [0.1, 0.15) is 10.4 Å². The third kappa shape index (κ3) is 2.65. The van der Waals surface area contributed by atoms with Crippen LogP contribution in [0, 0.1) is 5.92 Å². The molecule has 0 N–H and O–H groups in total. The smallest absolute Gasteiger partial charge is 0.136 e. The molecule has 2 rings (SSSR count). The number of halogens is 1. The molecule has 3 heteroatoms. The van der Waals surface area contributed by atoms with Crippen molar-refractivity contribution >= 4 is 21.7 Å². The second kappa shape index (κ2) is 4.88. The standard InChI is InChI=1S/C12H14BrNO/c13-12-10(5-3-7-14-12)8-9-4-1-2-6-11(9)15/h3,5,7,9H,1-2,4,6,8H2. The summed E-state index contributed by atoms with van der Waals surface area (Å²) >= 11 is 3.42. The van der Waals surface area contributed by atoms with E-state index in [2.05, 4.69) is 20.9 Å². The number of carbonyl (C=O) groups excluding carboxylic acids is 1. The normalized spacial score (nSPS) is 21.7. The summed E-state index contributed by atoms with van der Waals surface area (Å²) in [6.07, 6.45) is 6.67. The molecule has 1 aromatic rings. The maximum absolute atomic E-state index is 11.7. The zero-order valence-electron chi connectivity index (χ0n) is 8.58. The zero-order chi connectivity index (χ0) is 10.7. The van der Waals surface area contributed by atoms with Gasteiger partial charge in [-0.2, -0.15) is 0 Å². The van der Waals surface area contributed by atoms with Crippen LogP contribution in [-0.2, 0) is 11.2 Å². The number of ketones is 1. The van der Waals surface area contributed by atoms with E-state index in [1.165, 1.54) is 6.42 Å². The number of hydrogen-bond donors (Lipinski definition) is 0. The maximum Gasteiger partial charge on any atom is 0.136 e. The molecule has 0 bridgehead atoms. The van der Waals surface area contributed by atoms with Crippen molar-refractivity contribution in [1.29, 1.82) is 0 Å². The molecule has 1 aliphatic carbocycles. The van der Waals surface area contributed by atoms with Crippen LogP contribution in [0.2, 0.25) is 0 Å². The predicted molar refractivity (Wildman–Crippen MR) is 62.6 cm³/mol. The molecule has 1 unspecified atom stereocenters. The highest BCUT2D eigenvalue weighted by atomic mass is 79.9. The fraction of sp³-hybridized carbons (Fsp3) is 0.500. The highest BCUT2D eigenvalue weighted by molar-refractivity contribution is 9.10. The van der Waals surface area contributed by atoms with Gasteiger partial charge in [-0.1, -0.05) is 12.5 Å². The van der Waals surface area contributed by atoms with E-state index in [1.807, 2.05) is 12.1 Å². The average Bonchev–Trinajstić information content (AvgIpc) is 2.24. The minimum absolute atomic E-state index is 0.222. The van der Waals surface area contributed by atoms with E-state index in [1.54, 1.807) is 6.20 Å². The van der Waals surface area contributed by atoms with Gasteiger partial charge in [0.25, 0.3) is 0 Å². The summed E-state index contributed by atoms with van der Waals surface area (Å²) in [5.74, 6) is 0.649. The van der Waals surface area contributed by atoms with Gasteiger partial charge >= 0.3 is 0 Å². The Morgan fingerprint density at radius 1 is 1.47 bits per heavy atom. The van der Waals surface area contributed by atoms with Crippen LogP contribution in [0.15, 0.2) is 22.9 Å². The van der Waals surface area contributed by atoms with E-state index in [0.29, 0.717) is 5.78 Å². The zero-order valence-corrected chi connectivity index (χ0v) is 10.2. The van der Waals surface area contributed by atoms with Crippen molar-refractivity contribution in [2.45, 2.75) is 32.1 Å². The Morgan fingerprint density at radius 2 is 2.33 bits per heavy atom. The molecule has 1 aromatic heterocycles. The second-order valence-corrected chi connectivity index (χ2v) is 4.82. The van der Waals surface area contributed by atoms with Crippen molar-refractivity contribution in [3.05, 3.63) is 28.5 Å². The van der Waals surface area contributed by atoms with E-state index in [0.717, 1.165) is 35.8 Å². The molecule has 0 aromatic carbocycles. The van der Waals surface area contributed by atoms with Gasteiger partial charge in [-0.25, -0.2) is 4.98 Å². The Balaban J connectivity index is 2.08. The number of pyridine rings is 1. The lowest BCUT2D eigenvalue weighted by Gasteiger charge is -2.20. The number of Topliss-reactive ketones (excluding diaryl/α,β-unsaturated/α-hetero) is 1. The Labute approximate surface area is 98.2 Å². The average molecular weight is 268 g/mol. The van der Waals surface area contributed by atoms with Crippen molar-refractivity contribution in [2.24, 2.45) is 5.92 Å². The van der Waals surface area contributed by atoms with E-state index >= 15 is 0 Å². The molecule has 0 radical (unpaired) electrons. The van der Waals surface area contributed by atoms with Crippen molar-refractivity contribution in [3.8, 4) is 0 Å². The number of hydrogen-bond acceptors (Lipinski definition) is 2. The summed E-state index contributed by atoms with van der Waals surface area (Å²) in [5.41, 5.74) is 1.15. The fourth-order valence-corrected chi connectivity index (χ4v) is 2.52. The Morgan fingerprint density at radius 3 is 3.07 bits per heavy atom. The largest absolute Gasteiger partial charge is 0.299 e. The van der Waals surface area contributed by atoms with Crippen LogP contribution in [0.4, 0.5) is 0 Å². The molecule has 1 saturated carbocycles. The van der Waals surface area contributed by atoms with E-state index in [-0.39, 0.29) is 5.92 Å². The van der Waals surface area contributed by atoms with Gasteiger partial charge in [0.05, 0.1) is 0 Å². The monoisotopic (exact) mass is 267 g/mol. The molecule has 0 aliphatic heterocycles. The summed E-state index contributed by atoms with van der Waals surface area (Å²) in [4.78, 5) is 15.8. The molecule has 1 atom stereocenters. The van der Waals surface area contributed by atoms with Gasteiger partial charge in [-0.15, -0.1) is 0 Å². The number of aromatic nitrogens is 1. The summed E-state index contributed by atoms with van der Waals surface area (Å²) in [7, 11) is 0. The Hall–Kier alpha value is -0.700. The molecule has 15 heavy (non-hydrogen) atoms. The third-order valence-electron chi connectivity index (χ3n) is 2.98. The van der Waals surface area contributed by atoms with Gasteiger partial charge < -0.3 is 0 Å². The molecule has 0 amide bonds. The first-order valence-corrected chi connectivity index (χ1v) is 6.19. The predicted octanol–water partition coefficient (Wildman–Crippen LogP) is 3.15. The van der Waals surface area contributed by atoms with Gasteiger partial charge in [0.2, 0.25) is 0 Å². The molecule has 0 spiro atoms. The highest BCUT2D eigenvalue weighted by Gasteiger charge is 2.22. The highest BCUT2D eigenvalue weighted by Crippen LogP contribution is 2.26.